The molecular formula is C17H22ClN5O3S2. The molecule has 8 nitrogen and oxygen atoms in total. The molecule has 2 N–H and O–H groups in total. The summed E-state index contributed by atoms with van der Waals surface area (Å²) in [5.74, 6) is 4.22. The highest BCUT2D eigenvalue weighted by Gasteiger charge is 2.05. The van der Waals surface area contributed by atoms with Gasteiger partial charge in [0.2, 0.25) is 0 Å². The number of hydrogen-bond donors (Lipinski definition) is 2. The third-order valence-corrected chi connectivity index (χ3v) is 5.78. The number of hydrogen-bond acceptors (Lipinski definition) is 9. The lowest BCUT2D eigenvalue weighted by Gasteiger charge is -2.11. The molecule has 2 aromatic rings. The van der Waals surface area contributed by atoms with E-state index in [4.69, 9.17) is 16.0 Å². The molecule has 0 aliphatic heterocycles. The standard InChI is InChI=1S/C17H22ClN5O3S2/c1-13-16(26-12-22-13)11-28-8-6-21-17(9-23(24)25)20-5-7-27-10-15-14(18)3-2-4-19-15/h2-4,9,12,20-21H,5-8,10-11H2,1H3/b17-9-. The zero-order valence-corrected chi connectivity index (χ0v) is 17.8. The summed E-state index contributed by atoms with van der Waals surface area (Å²) in [6.45, 7) is 3.09. The number of nitro groups is 1. The lowest BCUT2D eigenvalue weighted by atomic mass is 10.4. The minimum Gasteiger partial charge on any atom is -0.447 e. The van der Waals surface area contributed by atoms with E-state index in [1.165, 1.54) is 6.39 Å². The Bertz CT molecular complexity index is 788. The average Bonchev–Trinajstić information content (AvgIpc) is 3.06. The molecule has 0 saturated carbocycles. The Morgan fingerprint density at radius 1 is 1.29 bits per heavy atom. The van der Waals surface area contributed by atoms with E-state index in [1.54, 1.807) is 35.8 Å². The van der Waals surface area contributed by atoms with Crippen LogP contribution in [0.2, 0.25) is 5.02 Å². The van der Waals surface area contributed by atoms with Crippen LogP contribution in [-0.2, 0) is 11.5 Å². The number of aryl methyl sites for hydroxylation is 1. The van der Waals surface area contributed by atoms with Crippen LogP contribution in [-0.4, -0.2) is 39.5 Å². The Morgan fingerprint density at radius 2 is 2.00 bits per heavy atom. The molecule has 0 fully saturated rings. The van der Waals surface area contributed by atoms with Crippen LogP contribution < -0.4 is 10.6 Å². The first-order chi connectivity index (χ1) is 13.6. The van der Waals surface area contributed by atoms with Crippen molar-refractivity contribution in [1.29, 1.82) is 0 Å². The molecular weight excluding hydrogens is 422 g/mol. The lowest BCUT2D eigenvalue weighted by Crippen LogP contribution is -2.30. The molecule has 0 atom stereocenters. The van der Waals surface area contributed by atoms with E-state index >= 15 is 0 Å². The molecule has 0 amide bonds. The van der Waals surface area contributed by atoms with E-state index in [0.717, 1.165) is 40.6 Å². The highest BCUT2D eigenvalue weighted by atomic mass is 35.5. The number of nitrogens with zero attached hydrogens (tertiary/aromatic N) is 3. The summed E-state index contributed by atoms with van der Waals surface area (Å²) < 4.78 is 5.28. The van der Waals surface area contributed by atoms with Crippen molar-refractivity contribution in [3.63, 3.8) is 0 Å². The summed E-state index contributed by atoms with van der Waals surface area (Å²) in [6.07, 6.45) is 4.10. The predicted molar refractivity (Wildman–Crippen MR) is 114 cm³/mol. The molecule has 0 aromatic carbocycles. The Labute approximate surface area is 177 Å². The molecule has 0 aliphatic rings. The minimum atomic E-state index is -0.471. The van der Waals surface area contributed by atoms with Gasteiger partial charge >= 0.3 is 0 Å². The lowest BCUT2D eigenvalue weighted by molar-refractivity contribution is -0.404. The fraction of sp³-hybridized carbons (Fsp3) is 0.412. The van der Waals surface area contributed by atoms with E-state index < -0.39 is 4.92 Å². The molecule has 2 rings (SSSR count). The van der Waals surface area contributed by atoms with Crippen LogP contribution in [0.1, 0.15) is 17.1 Å². The molecule has 0 spiro atoms. The number of rotatable bonds is 13. The fourth-order valence-electron chi connectivity index (χ4n) is 2.10. The van der Waals surface area contributed by atoms with Gasteiger partial charge in [0, 0.05) is 36.5 Å². The van der Waals surface area contributed by atoms with Gasteiger partial charge in [-0.3, -0.25) is 15.1 Å². The van der Waals surface area contributed by atoms with Gasteiger partial charge in [-0.15, -0.1) is 0 Å². The van der Waals surface area contributed by atoms with Crippen molar-refractivity contribution < 1.29 is 9.34 Å². The van der Waals surface area contributed by atoms with Crippen molar-refractivity contribution in [1.82, 2.24) is 20.6 Å². The van der Waals surface area contributed by atoms with Crippen LogP contribution in [0.3, 0.4) is 0 Å². The van der Waals surface area contributed by atoms with Gasteiger partial charge in [-0.2, -0.15) is 23.5 Å². The molecule has 2 aromatic heterocycles. The van der Waals surface area contributed by atoms with Gasteiger partial charge in [-0.25, -0.2) is 4.98 Å². The maximum absolute atomic E-state index is 10.8. The van der Waals surface area contributed by atoms with Gasteiger partial charge < -0.3 is 15.1 Å². The first kappa shape index (κ1) is 22.4. The number of aromatic nitrogens is 2. The third kappa shape index (κ3) is 8.41. The smallest absolute Gasteiger partial charge is 0.274 e. The molecule has 2 heterocycles. The molecule has 0 saturated heterocycles. The summed E-state index contributed by atoms with van der Waals surface area (Å²) in [5.41, 5.74) is 1.73. The topological polar surface area (TPSA) is 106 Å². The summed E-state index contributed by atoms with van der Waals surface area (Å²) in [4.78, 5) is 18.6. The second kappa shape index (κ2) is 12.5. The van der Waals surface area contributed by atoms with Crippen molar-refractivity contribution in [3.05, 3.63) is 69.0 Å². The van der Waals surface area contributed by atoms with E-state index in [2.05, 4.69) is 20.6 Å². The minimum absolute atomic E-state index is 0.401. The highest BCUT2D eigenvalue weighted by molar-refractivity contribution is 7.98. The second-order valence-electron chi connectivity index (χ2n) is 5.58. The summed E-state index contributed by atoms with van der Waals surface area (Å²) in [7, 11) is 0. The quantitative estimate of drug-likeness (QED) is 0.273. The SMILES string of the molecule is Cc1ncoc1CSCCN/C(=C\[N+](=O)[O-])NCCSCc1ncccc1Cl. The van der Waals surface area contributed by atoms with Gasteiger partial charge in [0.05, 0.1) is 27.1 Å². The molecule has 0 unspecified atom stereocenters. The molecule has 0 bridgehead atoms. The van der Waals surface area contributed by atoms with Gasteiger partial charge in [-0.1, -0.05) is 11.6 Å². The van der Waals surface area contributed by atoms with Crippen LogP contribution in [0.4, 0.5) is 0 Å². The normalized spacial score (nSPS) is 11.4. The Hall–Kier alpha value is -1.91. The van der Waals surface area contributed by atoms with E-state index in [0.29, 0.717) is 29.7 Å². The maximum Gasteiger partial charge on any atom is 0.274 e. The van der Waals surface area contributed by atoms with Gasteiger partial charge in [0.15, 0.2) is 12.2 Å². The van der Waals surface area contributed by atoms with Crippen LogP contribution in [0, 0.1) is 17.0 Å². The summed E-state index contributed by atoms with van der Waals surface area (Å²) in [5, 5.41) is 17.6. The Balaban J connectivity index is 1.63. The Kier molecular flexibility index (Phi) is 10.0. The zero-order valence-electron chi connectivity index (χ0n) is 15.4. The van der Waals surface area contributed by atoms with Crippen LogP contribution in [0.25, 0.3) is 0 Å². The van der Waals surface area contributed by atoms with Gasteiger partial charge in [0.25, 0.3) is 6.20 Å². The van der Waals surface area contributed by atoms with Crippen molar-refractivity contribution in [2.45, 2.75) is 18.4 Å². The summed E-state index contributed by atoms with van der Waals surface area (Å²) in [6, 6.07) is 3.61. The molecule has 28 heavy (non-hydrogen) atoms. The number of oxazole rings is 1. The second-order valence-corrected chi connectivity index (χ2v) is 8.20. The number of thioether (sulfide) groups is 2. The largest absolute Gasteiger partial charge is 0.447 e. The first-order valence-corrected chi connectivity index (χ1v) is 11.2. The van der Waals surface area contributed by atoms with Gasteiger partial charge in [0.1, 0.15) is 5.76 Å². The van der Waals surface area contributed by atoms with Crippen LogP contribution in [0.15, 0.2) is 41.2 Å². The number of pyridine rings is 1. The van der Waals surface area contributed by atoms with E-state index in [9.17, 15) is 10.1 Å². The monoisotopic (exact) mass is 443 g/mol. The van der Waals surface area contributed by atoms with Crippen molar-refractivity contribution >= 4 is 35.1 Å². The maximum atomic E-state index is 10.8. The fourth-order valence-corrected chi connectivity index (χ4v) is 4.03. The van der Waals surface area contributed by atoms with Crippen molar-refractivity contribution in [2.75, 3.05) is 24.6 Å². The molecule has 0 aliphatic carbocycles. The third-order valence-electron chi connectivity index (χ3n) is 3.51. The summed E-state index contributed by atoms with van der Waals surface area (Å²) >= 11 is 9.40. The van der Waals surface area contributed by atoms with Crippen LogP contribution >= 0.6 is 35.1 Å². The number of nitrogens with one attached hydrogen (secondary N) is 2. The van der Waals surface area contributed by atoms with Crippen LogP contribution in [0.5, 0.6) is 0 Å². The number of halogens is 1. The first-order valence-electron chi connectivity index (χ1n) is 8.53. The van der Waals surface area contributed by atoms with Crippen molar-refractivity contribution in [2.24, 2.45) is 0 Å². The van der Waals surface area contributed by atoms with Gasteiger partial charge in [-0.05, 0) is 19.1 Å². The highest BCUT2D eigenvalue weighted by Crippen LogP contribution is 2.18. The van der Waals surface area contributed by atoms with E-state index in [-0.39, 0.29) is 0 Å². The Morgan fingerprint density at radius 3 is 2.61 bits per heavy atom. The van der Waals surface area contributed by atoms with E-state index in [1.807, 2.05) is 13.0 Å². The predicted octanol–water partition coefficient (Wildman–Crippen LogP) is 3.45. The molecule has 11 heteroatoms. The van der Waals surface area contributed by atoms with Crippen molar-refractivity contribution in [3.8, 4) is 0 Å². The molecule has 0 radical (unpaired) electrons. The zero-order chi connectivity index (χ0) is 20.2. The average molecular weight is 444 g/mol. The molecule has 152 valence electrons.